The zero-order chi connectivity index (χ0) is 21.7. The lowest BCUT2D eigenvalue weighted by atomic mass is 9.96. The molecule has 2 fully saturated rings. The summed E-state index contributed by atoms with van der Waals surface area (Å²) in [6.07, 6.45) is 2.57. The smallest absolute Gasteiger partial charge is 0.319 e. The number of benzene rings is 1. The lowest BCUT2D eigenvalue weighted by Gasteiger charge is -2.34. The van der Waals surface area contributed by atoms with Gasteiger partial charge in [0.2, 0.25) is 5.91 Å². The Kier molecular flexibility index (Phi) is 7.18. The Morgan fingerprint density at radius 2 is 1.63 bits per heavy atom. The van der Waals surface area contributed by atoms with Crippen LogP contribution in [0.15, 0.2) is 18.2 Å². The van der Waals surface area contributed by atoms with Gasteiger partial charge in [-0.05, 0) is 63.6 Å². The topological polar surface area (TPSA) is 91.0 Å². The lowest BCUT2D eigenvalue weighted by Crippen LogP contribution is -2.52. The van der Waals surface area contributed by atoms with E-state index in [0.29, 0.717) is 31.7 Å². The van der Waals surface area contributed by atoms with E-state index >= 15 is 0 Å². The molecule has 0 spiro atoms. The number of carbonyl (C=O) groups is 3. The minimum absolute atomic E-state index is 0.0806. The number of hydrazine groups is 1. The summed E-state index contributed by atoms with van der Waals surface area (Å²) in [6, 6.07) is 5.77. The van der Waals surface area contributed by atoms with Crippen LogP contribution in [0.3, 0.4) is 0 Å². The van der Waals surface area contributed by atoms with Gasteiger partial charge in [0, 0.05) is 32.1 Å². The molecule has 4 amide bonds. The molecule has 164 valence electrons. The van der Waals surface area contributed by atoms with E-state index in [4.69, 9.17) is 4.74 Å². The summed E-state index contributed by atoms with van der Waals surface area (Å²) in [6.45, 7) is 8.35. The SMILES string of the molecule is Cc1cccc(OC(C)C(=O)NNC(=O)C2CCN(C(=O)N3CCCC3)CC2)c1C. The number of hydrogen-bond donors (Lipinski definition) is 2. The molecule has 8 nitrogen and oxygen atoms in total. The highest BCUT2D eigenvalue weighted by Crippen LogP contribution is 2.22. The summed E-state index contributed by atoms with van der Waals surface area (Å²) in [5.41, 5.74) is 7.04. The predicted molar refractivity (Wildman–Crippen MR) is 113 cm³/mol. The highest BCUT2D eigenvalue weighted by atomic mass is 16.5. The van der Waals surface area contributed by atoms with Crippen LogP contribution in [0.25, 0.3) is 0 Å². The number of rotatable bonds is 4. The third-order valence-corrected chi connectivity index (χ3v) is 6.05. The zero-order valence-corrected chi connectivity index (χ0v) is 18.1. The van der Waals surface area contributed by atoms with Crippen LogP contribution in [0.1, 0.15) is 43.7 Å². The fraction of sp³-hybridized carbons (Fsp3) is 0.591. The van der Waals surface area contributed by atoms with Crippen molar-refractivity contribution in [3.63, 3.8) is 0 Å². The molecular formula is C22H32N4O4. The Bertz CT molecular complexity index is 783. The van der Waals surface area contributed by atoms with Crippen molar-refractivity contribution in [3.8, 4) is 5.75 Å². The van der Waals surface area contributed by atoms with Crippen molar-refractivity contribution in [1.82, 2.24) is 20.7 Å². The number of urea groups is 1. The number of hydrogen-bond acceptors (Lipinski definition) is 4. The first kappa shape index (κ1) is 21.9. The summed E-state index contributed by atoms with van der Waals surface area (Å²) in [7, 11) is 0. The average molecular weight is 417 g/mol. The maximum atomic E-state index is 12.4. The molecule has 2 aliphatic heterocycles. The van der Waals surface area contributed by atoms with Gasteiger partial charge in [-0.1, -0.05) is 12.1 Å². The molecule has 1 unspecified atom stereocenters. The van der Waals surface area contributed by atoms with E-state index in [9.17, 15) is 14.4 Å². The van der Waals surface area contributed by atoms with Gasteiger partial charge in [0.05, 0.1) is 0 Å². The van der Waals surface area contributed by atoms with Gasteiger partial charge in [-0.2, -0.15) is 0 Å². The Morgan fingerprint density at radius 1 is 1.00 bits per heavy atom. The van der Waals surface area contributed by atoms with Gasteiger partial charge in [0.1, 0.15) is 5.75 Å². The zero-order valence-electron chi connectivity index (χ0n) is 18.1. The average Bonchev–Trinajstić information content (AvgIpc) is 3.29. The van der Waals surface area contributed by atoms with Gasteiger partial charge in [-0.3, -0.25) is 20.4 Å². The number of likely N-dealkylation sites (tertiary alicyclic amines) is 2. The van der Waals surface area contributed by atoms with Crippen LogP contribution >= 0.6 is 0 Å². The number of ether oxygens (including phenoxy) is 1. The number of nitrogens with zero attached hydrogens (tertiary/aromatic N) is 2. The molecule has 1 atom stereocenters. The van der Waals surface area contributed by atoms with Crippen molar-refractivity contribution in [1.29, 1.82) is 0 Å². The molecule has 0 saturated carbocycles. The van der Waals surface area contributed by atoms with E-state index in [1.165, 1.54) is 0 Å². The fourth-order valence-electron chi connectivity index (χ4n) is 3.86. The van der Waals surface area contributed by atoms with Crippen LogP contribution in [0, 0.1) is 19.8 Å². The summed E-state index contributed by atoms with van der Waals surface area (Å²) < 4.78 is 5.74. The number of aryl methyl sites for hydroxylation is 1. The summed E-state index contributed by atoms with van der Waals surface area (Å²) >= 11 is 0. The molecule has 3 rings (SSSR count). The van der Waals surface area contributed by atoms with E-state index < -0.39 is 12.0 Å². The van der Waals surface area contributed by atoms with Crippen molar-refractivity contribution in [2.75, 3.05) is 26.2 Å². The summed E-state index contributed by atoms with van der Waals surface area (Å²) in [5, 5.41) is 0. The van der Waals surface area contributed by atoms with E-state index in [2.05, 4.69) is 10.9 Å². The van der Waals surface area contributed by atoms with Crippen LogP contribution in [-0.4, -0.2) is 59.9 Å². The first-order valence-electron chi connectivity index (χ1n) is 10.7. The summed E-state index contributed by atoms with van der Waals surface area (Å²) in [5.74, 6) is -0.205. The number of piperidine rings is 1. The van der Waals surface area contributed by atoms with Crippen LogP contribution in [0.2, 0.25) is 0 Å². The summed E-state index contributed by atoms with van der Waals surface area (Å²) in [4.78, 5) is 40.9. The molecule has 0 bridgehead atoms. The predicted octanol–water partition coefficient (Wildman–Crippen LogP) is 2.15. The molecule has 0 radical (unpaired) electrons. The van der Waals surface area contributed by atoms with Gasteiger partial charge in [0.15, 0.2) is 6.10 Å². The largest absolute Gasteiger partial charge is 0.481 e. The van der Waals surface area contributed by atoms with Crippen LogP contribution in [-0.2, 0) is 9.59 Å². The standard InChI is InChI=1S/C22H32N4O4/c1-15-7-6-8-19(16(15)2)30-17(3)20(27)23-24-21(28)18-9-13-26(14-10-18)22(29)25-11-4-5-12-25/h6-8,17-18H,4-5,9-14H2,1-3H3,(H,23,27)(H,24,28). The highest BCUT2D eigenvalue weighted by molar-refractivity contribution is 5.85. The molecule has 2 N–H and O–H groups in total. The Balaban J connectivity index is 1.41. The number of nitrogens with one attached hydrogen (secondary N) is 2. The van der Waals surface area contributed by atoms with E-state index in [0.717, 1.165) is 37.1 Å². The maximum Gasteiger partial charge on any atom is 0.319 e. The fourth-order valence-corrected chi connectivity index (χ4v) is 3.86. The third-order valence-electron chi connectivity index (χ3n) is 6.05. The van der Waals surface area contributed by atoms with Gasteiger partial charge < -0.3 is 14.5 Å². The van der Waals surface area contributed by atoms with Gasteiger partial charge >= 0.3 is 6.03 Å². The van der Waals surface area contributed by atoms with Gasteiger partial charge in [-0.15, -0.1) is 0 Å². The highest BCUT2D eigenvalue weighted by Gasteiger charge is 2.30. The van der Waals surface area contributed by atoms with Crippen LogP contribution in [0.5, 0.6) is 5.75 Å². The second-order valence-corrected chi connectivity index (χ2v) is 8.17. The molecule has 2 aliphatic rings. The van der Waals surface area contributed by atoms with Crippen molar-refractivity contribution < 1.29 is 19.1 Å². The third kappa shape index (κ3) is 5.23. The Labute approximate surface area is 177 Å². The number of carbonyl (C=O) groups excluding carboxylic acids is 3. The molecule has 2 heterocycles. The lowest BCUT2D eigenvalue weighted by molar-refractivity contribution is -0.134. The molecule has 1 aromatic carbocycles. The quantitative estimate of drug-likeness (QED) is 0.736. The van der Waals surface area contributed by atoms with Crippen molar-refractivity contribution in [2.45, 2.75) is 52.6 Å². The molecule has 0 aromatic heterocycles. The van der Waals surface area contributed by atoms with E-state index in [1.54, 1.807) is 6.92 Å². The Hall–Kier alpha value is -2.77. The molecule has 30 heavy (non-hydrogen) atoms. The Morgan fingerprint density at radius 3 is 2.30 bits per heavy atom. The van der Waals surface area contributed by atoms with Crippen LogP contribution in [0.4, 0.5) is 4.79 Å². The van der Waals surface area contributed by atoms with Gasteiger partial charge in [-0.25, -0.2) is 4.79 Å². The second-order valence-electron chi connectivity index (χ2n) is 8.17. The van der Waals surface area contributed by atoms with Crippen molar-refractivity contribution in [2.24, 2.45) is 5.92 Å². The number of amides is 4. The van der Waals surface area contributed by atoms with Crippen molar-refractivity contribution >= 4 is 17.8 Å². The first-order chi connectivity index (χ1) is 14.4. The molecule has 8 heteroatoms. The minimum Gasteiger partial charge on any atom is -0.481 e. The molecule has 0 aliphatic carbocycles. The van der Waals surface area contributed by atoms with Crippen molar-refractivity contribution in [3.05, 3.63) is 29.3 Å². The second kappa shape index (κ2) is 9.82. The molecule has 1 aromatic rings. The first-order valence-corrected chi connectivity index (χ1v) is 10.7. The minimum atomic E-state index is -0.745. The molecule has 2 saturated heterocycles. The maximum absolute atomic E-state index is 12.4. The van der Waals surface area contributed by atoms with E-state index in [1.807, 2.05) is 41.8 Å². The monoisotopic (exact) mass is 416 g/mol. The molecular weight excluding hydrogens is 384 g/mol. The van der Waals surface area contributed by atoms with Crippen LogP contribution < -0.4 is 15.6 Å². The normalized spacial score (nSPS) is 18.1. The van der Waals surface area contributed by atoms with E-state index in [-0.39, 0.29) is 17.9 Å². The van der Waals surface area contributed by atoms with Gasteiger partial charge in [0.25, 0.3) is 5.91 Å².